The molecular weight excluding hydrogens is 300 g/mol. The molecular formula is C18H28N6. The molecule has 0 saturated carbocycles. The van der Waals surface area contributed by atoms with E-state index in [4.69, 9.17) is 15.8 Å². The lowest BCUT2D eigenvalue weighted by molar-refractivity contribution is 0.183. The summed E-state index contributed by atoms with van der Waals surface area (Å²) in [4.78, 5) is 9.74. The molecule has 2 fully saturated rings. The van der Waals surface area contributed by atoms with E-state index in [-0.39, 0.29) is 0 Å². The van der Waals surface area contributed by atoms with Crippen molar-refractivity contribution in [2.75, 3.05) is 38.1 Å². The molecule has 2 atom stereocenters. The minimum atomic E-state index is 0.428. The van der Waals surface area contributed by atoms with Gasteiger partial charge in [-0.3, -0.25) is 4.90 Å². The van der Waals surface area contributed by atoms with Crippen molar-refractivity contribution in [2.24, 2.45) is 11.7 Å². The van der Waals surface area contributed by atoms with Crippen molar-refractivity contribution in [3.05, 3.63) is 23.5 Å². The van der Waals surface area contributed by atoms with E-state index in [1.165, 1.54) is 31.2 Å². The largest absolute Gasteiger partial charge is 0.356 e. The van der Waals surface area contributed by atoms with Crippen LogP contribution in [-0.4, -0.2) is 52.7 Å². The molecule has 0 amide bonds. The van der Waals surface area contributed by atoms with Crippen molar-refractivity contribution < 1.29 is 0 Å². The summed E-state index contributed by atoms with van der Waals surface area (Å²) in [5.74, 6) is 1.70. The SMILES string of the molecule is Cc1cn2nc(C3CCCCN3C)cc2nc1N1CCC(CN)C1. The lowest BCUT2D eigenvalue weighted by Crippen LogP contribution is -2.29. The van der Waals surface area contributed by atoms with E-state index in [2.05, 4.69) is 36.0 Å². The standard InChI is InChI=1S/C18H28N6/c1-13-11-24-17(20-18(13)23-8-6-14(10-19)12-23)9-15(21-24)16-5-3-4-7-22(16)2/h9,11,14,16H,3-8,10,12,19H2,1-2H3. The lowest BCUT2D eigenvalue weighted by atomic mass is 10.0. The normalized spacial score (nSPS) is 25.7. The second-order valence-electron chi connectivity index (χ2n) is 7.45. The summed E-state index contributed by atoms with van der Waals surface area (Å²) in [5, 5.41) is 4.82. The molecule has 0 spiro atoms. The van der Waals surface area contributed by atoms with Gasteiger partial charge in [-0.1, -0.05) is 6.42 Å². The number of hydrogen-bond donors (Lipinski definition) is 1. The van der Waals surface area contributed by atoms with E-state index >= 15 is 0 Å². The van der Waals surface area contributed by atoms with Crippen LogP contribution in [0, 0.1) is 12.8 Å². The van der Waals surface area contributed by atoms with Crippen LogP contribution >= 0.6 is 0 Å². The molecule has 2 aromatic heterocycles. The molecule has 4 rings (SSSR count). The van der Waals surface area contributed by atoms with Crippen LogP contribution in [0.4, 0.5) is 5.82 Å². The van der Waals surface area contributed by atoms with Gasteiger partial charge in [-0.2, -0.15) is 5.10 Å². The Kier molecular flexibility index (Phi) is 4.18. The van der Waals surface area contributed by atoms with Gasteiger partial charge >= 0.3 is 0 Å². The summed E-state index contributed by atoms with van der Waals surface area (Å²) in [6, 6.07) is 2.60. The second-order valence-corrected chi connectivity index (χ2v) is 7.45. The first kappa shape index (κ1) is 15.8. The molecule has 2 aromatic rings. The first-order chi connectivity index (χ1) is 11.7. The van der Waals surface area contributed by atoms with Gasteiger partial charge < -0.3 is 10.6 Å². The third-order valence-corrected chi connectivity index (χ3v) is 5.65. The fraction of sp³-hybridized carbons (Fsp3) is 0.667. The number of nitrogens with two attached hydrogens (primary N) is 1. The van der Waals surface area contributed by atoms with Crippen LogP contribution in [0.3, 0.4) is 0 Å². The monoisotopic (exact) mass is 328 g/mol. The summed E-state index contributed by atoms with van der Waals surface area (Å²) in [6.07, 6.45) is 7.06. The van der Waals surface area contributed by atoms with Crippen LogP contribution in [0.15, 0.2) is 12.3 Å². The number of fused-ring (bicyclic) bond motifs is 1. The maximum Gasteiger partial charge on any atom is 0.157 e. The average molecular weight is 328 g/mol. The lowest BCUT2D eigenvalue weighted by Gasteiger charge is -2.30. The number of piperidine rings is 1. The Morgan fingerprint density at radius 1 is 1.25 bits per heavy atom. The van der Waals surface area contributed by atoms with Gasteiger partial charge in [0.2, 0.25) is 0 Å². The molecule has 2 saturated heterocycles. The van der Waals surface area contributed by atoms with E-state index < -0.39 is 0 Å². The third-order valence-electron chi connectivity index (χ3n) is 5.65. The number of anilines is 1. The van der Waals surface area contributed by atoms with Gasteiger partial charge in [0.05, 0.1) is 11.7 Å². The van der Waals surface area contributed by atoms with Gasteiger partial charge in [-0.25, -0.2) is 9.50 Å². The number of likely N-dealkylation sites (tertiary alicyclic amines) is 1. The molecule has 6 heteroatoms. The van der Waals surface area contributed by atoms with Crippen LogP contribution in [0.5, 0.6) is 0 Å². The Hall–Kier alpha value is -1.66. The number of nitrogens with zero attached hydrogens (tertiary/aromatic N) is 5. The highest BCUT2D eigenvalue weighted by Gasteiger charge is 2.26. The third kappa shape index (κ3) is 2.78. The number of aromatic nitrogens is 3. The summed E-state index contributed by atoms with van der Waals surface area (Å²) < 4.78 is 1.95. The van der Waals surface area contributed by atoms with Crippen molar-refractivity contribution in [1.29, 1.82) is 0 Å². The molecule has 4 heterocycles. The topological polar surface area (TPSA) is 62.7 Å². The molecule has 2 unspecified atom stereocenters. The average Bonchev–Trinajstić information content (AvgIpc) is 3.20. The summed E-state index contributed by atoms with van der Waals surface area (Å²) >= 11 is 0. The van der Waals surface area contributed by atoms with E-state index in [9.17, 15) is 0 Å². The smallest absolute Gasteiger partial charge is 0.157 e. The van der Waals surface area contributed by atoms with E-state index in [0.717, 1.165) is 43.3 Å². The Labute approximate surface area is 143 Å². The van der Waals surface area contributed by atoms with Gasteiger partial charge in [-0.15, -0.1) is 0 Å². The zero-order valence-electron chi connectivity index (χ0n) is 14.8. The van der Waals surface area contributed by atoms with Gasteiger partial charge in [0.1, 0.15) is 5.82 Å². The van der Waals surface area contributed by atoms with Crippen LogP contribution < -0.4 is 10.6 Å². The van der Waals surface area contributed by atoms with Crippen LogP contribution in [0.1, 0.15) is 43.0 Å². The number of aryl methyl sites for hydroxylation is 1. The maximum absolute atomic E-state index is 5.84. The Balaban J connectivity index is 1.65. The molecule has 2 N–H and O–H groups in total. The van der Waals surface area contributed by atoms with Gasteiger partial charge in [0.25, 0.3) is 0 Å². The molecule has 2 aliphatic heterocycles. The fourth-order valence-electron chi connectivity index (χ4n) is 4.17. The highest BCUT2D eigenvalue weighted by molar-refractivity contribution is 5.54. The molecule has 0 aliphatic carbocycles. The zero-order valence-corrected chi connectivity index (χ0v) is 14.8. The van der Waals surface area contributed by atoms with Gasteiger partial charge in [0.15, 0.2) is 5.65 Å². The van der Waals surface area contributed by atoms with Gasteiger partial charge in [0, 0.05) is 30.9 Å². The maximum atomic E-state index is 5.84. The Morgan fingerprint density at radius 3 is 2.88 bits per heavy atom. The van der Waals surface area contributed by atoms with Crippen LogP contribution in [0.25, 0.3) is 5.65 Å². The van der Waals surface area contributed by atoms with Crippen molar-refractivity contribution in [3.8, 4) is 0 Å². The number of hydrogen-bond acceptors (Lipinski definition) is 5. The Morgan fingerprint density at radius 2 is 2.12 bits per heavy atom. The molecule has 0 bridgehead atoms. The van der Waals surface area contributed by atoms with Crippen LogP contribution in [-0.2, 0) is 0 Å². The first-order valence-corrected chi connectivity index (χ1v) is 9.18. The molecule has 24 heavy (non-hydrogen) atoms. The molecule has 6 nitrogen and oxygen atoms in total. The van der Waals surface area contributed by atoms with Crippen molar-refractivity contribution in [1.82, 2.24) is 19.5 Å². The second kappa shape index (κ2) is 6.33. The highest BCUT2D eigenvalue weighted by Crippen LogP contribution is 2.30. The number of rotatable bonds is 3. The van der Waals surface area contributed by atoms with Crippen LogP contribution in [0.2, 0.25) is 0 Å². The minimum Gasteiger partial charge on any atom is -0.356 e. The summed E-state index contributed by atoms with van der Waals surface area (Å²) in [7, 11) is 2.20. The quantitative estimate of drug-likeness (QED) is 0.933. The van der Waals surface area contributed by atoms with Gasteiger partial charge in [-0.05, 0) is 52.2 Å². The summed E-state index contributed by atoms with van der Waals surface area (Å²) in [5.41, 5.74) is 9.14. The molecule has 130 valence electrons. The zero-order chi connectivity index (χ0) is 16.7. The van der Waals surface area contributed by atoms with Crippen molar-refractivity contribution in [2.45, 2.75) is 38.6 Å². The Bertz CT molecular complexity index is 724. The molecule has 2 aliphatic rings. The van der Waals surface area contributed by atoms with E-state index in [1.54, 1.807) is 0 Å². The minimum absolute atomic E-state index is 0.428. The van der Waals surface area contributed by atoms with Crippen molar-refractivity contribution in [3.63, 3.8) is 0 Å². The van der Waals surface area contributed by atoms with E-state index in [0.29, 0.717) is 12.0 Å². The predicted octanol–water partition coefficient (Wildman–Crippen LogP) is 1.98. The molecule has 0 radical (unpaired) electrons. The summed E-state index contributed by atoms with van der Waals surface area (Å²) in [6.45, 7) is 6.13. The fourth-order valence-corrected chi connectivity index (χ4v) is 4.17. The predicted molar refractivity (Wildman–Crippen MR) is 96.3 cm³/mol. The van der Waals surface area contributed by atoms with E-state index in [1.807, 2.05) is 4.52 Å². The molecule has 0 aromatic carbocycles. The highest BCUT2D eigenvalue weighted by atomic mass is 15.3. The first-order valence-electron chi connectivity index (χ1n) is 9.18. The van der Waals surface area contributed by atoms with Crippen molar-refractivity contribution >= 4 is 11.5 Å².